The molecule has 1 aliphatic rings. The summed E-state index contributed by atoms with van der Waals surface area (Å²) < 4.78 is 0. The molecule has 6 nitrogen and oxygen atoms in total. The van der Waals surface area contributed by atoms with Gasteiger partial charge in [0.25, 0.3) is 0 Å². The molecule has 1 N–H and O–H groups in total. The lowest BCUT2D eigenvalue weighted by Gasteiger charge is -2.25. The van der Waals surface area contributed by atoms with E-state index in [1.165, 1.54) is 0 Å². The van der Waals surface area contributed by atoms with E-state index in [1.807, 2.05) is 57.4 Å². The van der Waals surface area contributed by atoms with Gasteiger partial charge in [0, 0.05) is 44.3 Å². The van der Waals surface area contributed by atoms with Gasteiger partial charge >= 0.3 is 6.03 Å². The molecule has 29 heavy (non-hydrogen) atoms. The van der Waals surface area contributed by atoms with Crippen LogP contribution in [0.2, 0.25) is 5.02 Å². The number of nitrogens with zero attached hydrogens (tertiary/aromatic N) is 3. The third-order valence-corrected chi connectivity index (χ3v) is 4.99. The van der Waals surface area contributed by atoms with Crippen LogP contribution < -0.4 is 10.2 Å². The van der Waals surface area contributed by atoms with Gasteiger partial charge in [-0.2, -0.15) is 0 Å². The molecule has 3 rings (SSSR count). The number of anilines is 1. The lowest BCUT2D eigenvalue weighted by atomic mass is 10.0. The highest BCUT2D eigenvalue weighted by Gasteiger charge is 2.27. The van der Waals surface area contributed by atoms with Gasteiger partial charge in [0.05, 0.1) is 12.3 Å². The van der Waals surface area contributed by atoms with Crippen LogP contribution in [-0.2, 0) is 11.4 Å². The van der Waals surface area contributed by atoms with Crippen LogP contribution in [-0.4, -0.2) is 49.9 Å². The highest BCUT2D eigenvalue weighted by atomic mass is 35.5. The maximum Gasteiger partial charge on any atom is 0.317 e. The van der Waals surface area contributed by atoms with Crippen molar-refractivity contribution in [3.05, 3.63) is 64.7 Å². The standard InChI is InChI=1S/C22H27ClN4O2/c1-4-24-22(28)27(14-16-6-5-7-18(23)12-16)15-20-13-21(25-29-20)17-8-10-19(11-9-17)26(2)3/h5-12,20H,4,13-15H2,1-3H3,(H,24,28)/t20-/m1/s1. The minimum Gasteiger partial charge on any atom is -0.390 e. The third kappa shape index (κ3) is 5.64. The predicted molar refractivity (Wildman–Crippen MR) is 118 cm³/mol. The molecule has 2 aromatic carbocycles. The number of hydrogen-bond acceptors (Lipinski definition) is 4. The summed E-state index contributed by atoms with van der Waals surface area (Å²) >= 11 is 6.09. The molecule has 2 amide bonds. The number of oxime groups is 1. The van der Waals surface area contributed by atoms with Crippen molar-refractivity contribution in [3.63, 3.8) is 0 Å². The Balaban J connectivity index is 1.65. The van der Waals surface area contributed by atoms with Crippen molar-refractivity contribution in [1.82, 2.24) is 10.2 Å². The fraction of sp³-hybridized carbons (Fsp3) is 0.364. The molecule has 0 aliphatic carbocycles. The lowest BCUT2D eigenvalue weighted by Crippen LogP contribution is -2.43. The first-order valence-corrected chi connectivity index (χ1v) is 10.1. The first-order valence-electron chi connectivity index (χ1n) is 9.74. The molecule has 0 unspecified atom stereocenters. The Kier molecular flexibility index (Phi) is 6.99. The van der Waals surface area contributed by atoms with Crippen LogP contribution in [0, 0.1) is 0 Å². The van der Waals surface area contributed by atoms with Crippen molar-refractivity contribution >= 4 is 29.0 Å². The maximum absolute atomic E-state index is 12.6. The second-order valence-electron chi connectivity index (χ2n) is 7.26. The van der Waals surface area contributed by atoms with Crippen LogP contribution in [0.4, 0.5) is 10.5 Å². The van der Waals surface area contributed by atoms with E-state index in [9.17, 15) is 4.79 Å². The molecule has 0 spiro atoms. The van der Waals surface area contributed by atoms with Crippen LogP contribution >= 0.6 is 11.6 Å². The van der Waals surface area contributed by atoms with Crippen molar-refractivity contribution in [2.24, 2.45) is 5.16 Å². The number of amides is 2. The molecular weight excluding hydrogens is 388 g/mol. The zero-order valence-electron chi connectivity index (χ0n) is 17.1. The van der Waals surface area contributed by atoms with Crippen LogP contribution in [0.15, 0.2) is 53.7 Å². The van der Waals surface area contributed by atoms with E-state index in [2.05, 4.69) is 27.5 Å². The van der Waals surface area contributed by atoms with E-state index in [0.29, 0.717) is 31.1 Å². The van der Waals surface area contributed by atoms with Gasteiger partial charge in [0.15, 0.2) is 6.10 Å². The lowest BCUT2D eigenvalue weighted by molar-refractivity contribution is 0.0590. The Morgan fingerprint density at radius 2 is 2.00 bits per heavy atom. The molecule has 154 valence electrons. The number of rotatable bonds is 7. The van der Waals surface area contributed by atoms with Gasteiger partial charge in [0.2, 0.25) is 0 Å². The quantitative estimate of drug-likeness (QED) is 0.741. The molecule has 0 fully saturated rings. The molecule has 0 aromatic heterocycles. The van der Waals surface area contributed by atoms with Crippen molar-refractivity contribution < 1.29 is 9.63 Å². The average molecular weight is 415 g/mol. The Labute approximate surface area is 177 Å². The van der Waals surface area contributed by atoms with Crippen molar-refractivity contribution in [1.29, 1.82) is 0 Å². The topological polar surface area (TPSA) is 57.2 Å². The molecular formula is C22H27ClN4O2. The second-order valence-corrected chi connectivity index (χ2v) is 7.69. The molecule has 0 saturated carbocycles. The van der Waals surface area contributed by atoms with E-state index in [4.69, 9.17) is 16.4 Å². The van der Waals surface area contributed by atoms with Crippen molar-refractivity contribution in [3.8, 4) is 0 Å². The molecule has 0 saturated heterocycles. The normalized spacial score (nSPS) is 15.4. The summed E-state index contributed by atoms with van der Waals surface area (Å²) in [7, 11) is 4.02. The first-order chi connectivity index (χ1) is 14.0. The summed E-state index contributed by atoms with van der Waals surface area (Å²) in [5.41, 5.74) is 4.05. The summed E-state index contributed by atoms with van der Waals surface area (Å²) in [5.74, 6) is 0. The minimum atomic E-state index is -0.180. The fourth-order valence-electron chi connectivity index (χ4n) is 3.23. The number of halogens is 1. The molecule has 7 heteroatoms. The van der Waals surface area contributed by atoms with Crippen LogP contribution in [0.5, 0.6) is 0 Å². The van der Waals surface area contributed by atoms with E-state index < -0.39 is 0 Å². The van der Waals surface area contributed by atoms with E-state index in [1.54, 1.807) is 4.90 Å². The van der Waals surface area contributed by atoms with Crippen molar-refractivity contribution in [2.75, 3.05) is 32.1 Å². The molecule has 1 heterocycles. The van der Waals surface area contributed by atoms with Crippen LogP contribution in [0.3, 0.4) is 0 Å². The Morgan fingerprint density at radius 3 is 2.66 bits per heavy atom. The van der Waals surface area contributed by atoms with Gasteiger partial charge in [-0.1, -0.05) is 41.0 Å². The number of carbonyl (C=O) groups excluding carboxylic acids is 1. The number of urea groups is 1. The summed E-state index contributed by atoms with van der Waals surface area (Å²) in [5, 5.41) is 7.79. The summed E-state index contributed by atoms with van der Waals surface area (Å²) in [4.78, 5) is 22.0. The summed E-state index contributed by atoms with van der Waals surface area (Å²) in [6, 6.07) is 15.6. The Morgan fingerprint density at radius 1 is 1.24 bits per heavy atom. The van der Waals surface area contributed by atoms with Gasteiger partial charge in [-0.3, -0.25) is 0 Å². The van der Waals surface area contributed by atoms with E-state index in [0.717, 1.165) is 22.5 Å². The first kappa shape index (κ1) is 21.0. The zero-order chi connectivity index (χ0) is 20.8. The largest absolute Gasteiger partial charge is 0.390 e. The fourth-order valence-corrected chi connectivity index (χ4v) is 3.45. The summed E-state index contributed by atoms with van der Waals surface area (Å²) in [6.45, 7) is 3.37. The Hall–Kier alpha value is -2.73. The van der Waals surface area contributed by atoms with E-state index in [-0.39, 0.29) is 12.1 Å². The van der Waals surface area contributed by atoms with Crippen LogP contribution in [0.1, 0.15) is 24.5 Å². The second kappa shape index (κ2) is 9.65. The molecule has 1 aliphatic heterocycles. The SMILES string of the molecule is CCNC(=O)N(Cc1cccc(Cl)c1)C[C@H]1CC(c2ccc(N(C)C)cc2)=NO1. The van der Waals surface area contributed by atoms with E-state index >= 15 is 0 Å². The molecule has 2 aromatic rings. The van der Waals surface area contributed by atoms with Crippen LogP contribution in [0.25, 0.3) is 0 Å². The molecule has 0 radical (unpaired) electrons. The van der Waals surface area contributed by atoms with Gasteiger partial charge in [-0.05, 0) is 42.3 Å². The summed E-state index contributed by atoms with van der Waals surface area (Å²) in [6.07, 6.45) is 0.479. The number of nitrogens with one attached hydrogen (secondary N) is 1. The smallest absolute Gasteiger partial charge is 0.317 e. The number of carbonyl (C=O) groups is 1. The third-order valence-electron chi connectivity index (χ3n) is 4.75. The zero-order valence-corrected chi connectivity index (χ0v) is 17.8. The highest BCUT2D eigenvalue weighted by molar-refractivity contribution is 6.30. The minimum absolute atomic E-state index is 0.125. The average Bonchev–Trinajstić information content (AvgIpc) is 3.16. The molecule has 1 atom stereocenters. The van der Waals surface area contributed by atoms with Gasteiger partial charge in [0.1, 0.15) is 0 Å². The van der Waals surface area contributed by atoms with Gasteiger partial charge < -0.3 is 20.0 Å². The van der Waals surface area contributed by atoms with Gasteiger partial charge in [-0.15, -0.1) is 0 Å². The highest BCUT2D eigenvalue weighted by Crippen LogP contribution is 2.21. The molecule has 0 bridgehead atoms. The van der Waals surface area contributed by atoms with Crippen molar-refractivity contribution in [2.45, 2.75) is 26.0 Å². The number of hydrogen-bond donors (Lipinski definition) is 1. The Bertz CT molecular complexity index is 867. The monoisotopic (exact) mass is 414 g/mol. The maximum atomic E-state index is 12.6. The van der Waals surface area contributed by atoms with Gasteiger partial charge in [-0.25, -0.2) is 4.79 Å². The number of benzene rings is 2. The predicted octanol–water partition coefficient (Wildman–Crippen LogP) is 4.13.